The third-order valence-electron chi connectivity index (χ3n) is 5.15. The predicted molar refractivity (Wildman–Crippen MR) is 97.7 cm³/mol. The van der Waals surface area contributed by atoms with E-state index in [0.29, 0.717) is 11.1 Å². The summed E-state index contributed by atoms with van der Waals surface area (Å²) in [5.41, 5.74) is 1.05. The highest BCUT2D eigenvalue weighted by atomic mass is 16.7. The van der Waals surface area contributed by atoms with Gasteiger partial charge in [0.15, 0.2) is 0 Å². The van der Waals surface area contributed by atoms with E-state index >= 15 is 0 Å². The van der Waals surface area contributed by atoms with E-state index < -0.39 is 43.4 Å². The molecule has 6 atom stereocenters. The number of ether oxygens (including phenoxy) is 3. The third kappa shape index (κ3) is 3.70. The smallest absolute Gasteiger partial charge is 0.229 e. The fourth-order valence-electron chi connectivity index (χ4n) is 3.57. The number of hydrogen-bond donors (Lipinski definition) is 6. The summed E-state index contributed by atoms with van der Waals surface area (Å²) in [6.45, 7) is -0.483. The third-order valence-corrected chi connectivity index (χ3v) is 5.15. The molecule has 156 valence electrons. The first kappa shape index (κ1) is 19.7. The first-order valence-corrected chi connectivity index (χ1v) is 9.16. The van der Waals surface area contributed by atoms with Crippen LogP contribution < -0.4 is 9.47 Å². The van der Waals surface area contributed by atoms with E-state index in [9.17, 15) is 25.5 Å². The molecular weight excluding hydrogens is 384 g/mol. The monoisotopic (exact) mass is 406 g/mol. The Morgan fingerprint density at radius 1 is 1.00 bits per heavy atom. The van der Waals surface area contributed by atoms with E-state index in [-0.39, 0.29) is 29.4 Å². The van der Waals surface area contributed by atoms with Crippen LogP contribution >= 0.6 is 0 Å². The molecule has 0 amide bonds. The zero-order valence-electron chi connectivity index (χ0n) is 15.3. The molecule has 0 aliphatic carbocycles. The summed E-state index contributed by atoms with van der Waals surface area (Å²) in [5, 5.41) is 59.2. The van der Waals surface area contributed by atoms with E-state index in [4.69, 9.17) is 19.3 Å². The summed E-state index contributed by atoms with van der Waals surface area (Å²) >= 11 is 0. The Labute approximate surface area is 166 Å². The SMILES string of the molecule is OC[C@@H]1O[C@@H](Oc2cc(O)c3c(c2)O[C@@H](c2ccc(O)cc2)[C@@H](O)C3)[C@H](O)[C@@H]1O. The molecular formula is C20H22O9. The number of aliphatic hydroxyl groups is 4. The molecule has 0 unspecified atom stereocenters. The molecule has 1 saturated heterocycles. The van der Waals surface area contributed by atoms with E-state index in [1.165, 1.54) is 24.3 Å². The first-order valence-electron chi connectivity index (χ1n) is 9.16. The van der Waals surface area contributed by atoms with Crippen molar-refractivity contribution in [3.63, 3.8) is 0 Å². The molecule has 2 aliphatic rings. The van der Waals surface area contributed by atoms with Gasteiger partial charge in [-0.1, -0.05) is 12.1 Å². The van der Waals surface area contributed by atoms with Crippen LogP contribution in [0, 0.1) is 0 Å². The molecule has 9 nitrogen and oxygen atoms in total. The molecule has 0 spiro atoms. The normalized spacial score (nSPS) is 31.2. The Hall–Kier alpha value is -2.56. The maximum absolute atomic E-state index is 10.4. The minimum atomic E-state index is -1.38. The minimum Gasteiger partial charge on any atom is -0.508 e. The summed E-state index contributed by atoms with van der Waals surface area (Å²) in [7, 11) is 0. The van der Waals surface area contributed by atoms with Gasteiger partial charge in [0, 0.05) is 24.1 Å². The van der Waals surface area contributed by atoms with Crippen LogP contribution in [0.25, 0.3) is 0 Å². The van der Waals surface area contributed by atoms with Gasteiger partial charge >= 0.3 is 0 Å². The topological polar surface area (TPSA) is 149 Å². The Kier molecular flexibility index (Phi) is 5.24. The number of phenols is 2. The lowest BCUT2D eigenvalue weighted by Gasteiger charge is -2.31. The molecule has 29 heavy (non-hydrogen) atoms. The molecule has 1 fully saturated rings. The molecule has 0 bridgehead atoms. The first-order chi connectivity index (χ1) is 13.9. The molecule has 9 heteroatoms. The van der Waals surface area contributed by atoms with Crippen molar-refractivity contribution in [3.05, 3.63) is 47.5 Å². The Morgan fingerprint density at radius 2 is 1.72 bits per heavy atom. The van der Waals surface area contributed by atoms with Crippen LogP contribution in [0.3, 0.4) is 0 Å². The minimum absolute atomic E-state index is 0.0891. The largest absolute Gasteiger partial charge is 0.508 e. The number of rotatable bonds is 4. The number of fused-ring (bicyclic) bond motifs is 1. The molecule has 4 rings (SSSR count). The van der Waals surface area contributed by atoms with Crippen molar-refractivity contribution in [2.24, 2.45) is 0 Å². The molecule has 6 N–H and O–H groups in total. The van der Waals surface area contributed by atoms with E-state index in [1.54, 1.807) is 12.1 Å². The molecule has 2 aromatic rings. The van der Waals surface area contributed by atoms with Gasteiger partial charge in [-0.2, -0.15) is 0 Å². The van der Waals surface area contributed by atoms with Crippen LogP contribution in [-0.4, -0.2) is 68.0 Å². The fraction of sp³-hybridized carbons (Fsp3) is 0.400. The van der Waals surface area contributed by atoms with Crippen molar-refractivity contribution < 1.29 is 44.8 Å². The zero-order valence-corrected chi connectivity index (χ0v) is 15.3. The van der Waals surface area contributed by atoms with Crippen LogP contribution in [0.4, 0.5) is 0 Å². The maximum Gasteiger partial charge on any atom is 0.229 e. The lowest BCUT2D eigenvalue weighted by molar-refractivity contribution is -0.116. The summed E-state index contributed by atoms with van der Waals surface area (Å²) in [5.74, 6) is 0.339. The number of hydrogen-bond acceptors (Lipinski definition) is 9. The van der Waals surface area contributed by atoms with E-state index in [1.807, 2.05) is 0 Å². The summed E-state index contributed by atoms with van der Waals surface area (Å²) in [4.78, 5) is 0. The van der Waals surface area contributed by atoms with Crippen LogP contribution in [0.2, 0.25) is 0 Å². The summed E-state index contributed by atoms with van der Waals surface area (Å²) in [6, 6.07) is 9.02. The van der Waals surface area contributed by atoms with Crippen molar-refractivity contribution in [2.75, 3.05) is 6.61 Å². The standard InChI is InChI=1S/C20H22O9/c21-8-16-17(25)18(26)20(29-16)27-11-5-13(23)12-7-14(24)19(28-15(12)6-11)9-1-3-10(22)4-2-9/h1-6,14,16-26H,7-8H2/t14-,16-,17+,18+,19-,20+/m0/s1. The van der Waals surface area contributed by atoms with E-state index in [2.05, 4.69) is 0 Å². The molecule has 2 aromatic carbocycles. The van der Waals surface area contributed by atoms with Crippen LogP contribution in [0.5, 0.6) is 23.0 Å². The Balaban J connectivity index is 1.57. The van der Waals surface area contributed by atoms with Gasteiger partial charge in [0.2, 0.25) is 6.29 Å². The summed E-state index contributed by atoms with van der Waals surface area (Å²) in [6.07, 6.45) is -6.38. The number of aliphatic hydroxyl groups excluding tert-OH is 4. The van der Waals surface area contributed by atoms with Gasteiger partial charge < -0.3 is 44.8 Å². The lowest BCUT2D eigenvalue weighted by Crippen LogP contribution is -2.35. The van der Waals surface area contributed by atoms with Crippen molar-refractivity contribution in [2.45, 2.75) is 43.2 Å². The van der Waals surface area contributed by atoms with Crippen molar-refractivity contribution >= 4 is 0 Å². The highest BCUT2D eigenvalue weighted by Crippen LogP contribution is 2.42. The average Bonchev–Trinajstić information content (AvgIpc) is 2.97. The number of benzene rings is 2. The highest BCUT2D eigenvalue weighted by molar-refractivity contribution is 5.52. The summed E-state index contributed by atoms with van der Waals surface area (Å²) < 4.78 is 16.7. The fourth-order valence-corrected chi connectivity index (χ4v) is 3.57. The molecule has 2 heterocycles. The lowest BCUT2D eigenvalue weighted by atomic mass is 9.94. The molecule has 2 aliphatic heterocycles. The highest BCUT2D eigenvalue weighted by Gasteiger charge is 2.44. The van der Waals surface area contributed by atoms with Crippen molar-refractivity contribution in [1.29, 1.82) is 0 Å². The van der Waals surface area contributed by atoms with Gasteiger partial charge in [-0.05, 0) is 17.7 Å². The zero-order chi connectivity index (χ0) is 20.7. The quantitative estimate of drug-likeness (QED) is 0.411. The number of aromatic hydroxyl groups is 2. The molecule has 0 saturated carbocycles. The van der Waals surface area contributed by atoms with Gasteiger partial charge in [-0.15, -0.1) is 0 Å². The van der Waals surface area contributed by atoms with E-state index in [0.717, 1.165) is 0 Å². The Morgan fingerprint density at radius 3 is 2.38 bits per heavy atom. The van der Waals surface area contributed by atoms with Gasteiger partial charge in [0.25, 0.3) is 0 Å². The maximum atomic E-state index is 10.4. The van der Waals surface area contributed by atoms with Gasteiger partial charge in [0.05, 0.1) is 12.7 Å². The second-order valence-corrected chi connectivity index (χ2v) is 7.15. The average molecular weight is 406 g/mol. The predicted octanol–water partition coefficient (Wildman–Crippen LogP) is -0.0473. The number of phenolic OH excluding ortho intramolecular Hbond substituents is 2. The van der Waals surface area contributed by atoms with Gasteiger partial charge in [-0.25, -0.2) is 0 Å². The second-order valence-electron chi connectivity index (χ2n) is 7.15. The van der Waals surface area contributed by atoms with Crippen molar-refractivity contribution in [1.82, 2.24) is 0 Å². The van der Waals surface area contributed by atoms with Crippen LogP contribution in [-0.2, 0) is 11.2 Å². The van der Waals surface area contributed by atoms with Gasteiger partial charge in [-0.3, -0.25) is 0 Å². The van der Waals surface area contributed by atoms with Gasteiger partial charge in [0.1, 0.15) is 47.4 Å². The van der Waals surface area contributed by atoms with Crippen LogP contribution in [0.1, 0.15) is 17.2 Å². The molecule has 0 radical (unpaired) electrons. The van der Waals surface area contributed by atoms with Crippen molar-refractivity contribution in [3.8, 4) is 23.0 Å². The van der Waals surface area contributed by atoms with Crippen LogP contribution in [0.15, 0.2) is 36.4 Å². The molecule has 0 aromatic heterocycles. The second kappa shape index (κ2) is 7.69. The Bertz CT molecular complexity index is 869.